The molecule has 0 spiro atoms. The number of rotatable bonds is 6. The smallest absolute Gasteiger partial charge is 0.265 e. The van der Waals surface area contributed by atoms with Gasteiger partial charge in [0.1, 0.15) is 0 Å². The number of amides is 2. The summed E-state index contributed by atoms with van der Waals surface area (Å²) in [6.45, 7) is 0.665. The first-order chi connectivity index (χ1) is 12.7. The van der Waals surface area contributed by atoms with Crippen molar-refractivity contribution < 1.29 is 9.59 Å². The van der Waals surface area contributed by atoms with Crippen LogP contribution in [0.15, 0.2) is 59.3 Å². The van der Waals surface area contributed by atoms with Crippen molar-refractivity contribution in [3.63, 3.8) is 0 Å². The number of carbonyl (C=O) groups excluding carboxylic acids is 2. The number of nitrogens with one attached hydrogen (secondary N) is 1. The summed E-state index contributed by atoms with van der Waals surface area (Å²) < 4.78 is 0. The maximum Gasteiger partial charge on any atom is 0.265 e. The van der Waals surface area contributed by atoms with Crippen molar-refractivity contribution in [2.24, 2.45) is 0 Å². The van der Waals surface area contributed by atoms with Crippen molar-refractivity contribution in [1.82, 2.24) is 4.90 Å². The van der Waals surface area contributed by atoms with Crippen LogP contribution < -0.4 is 5.32 Å². The molecule has 1 N–H and O–H groups in total. The van der Waals surface area contributed by atoms with E-state index < -0.39 is 0 Å². The second kappa shape index (κ2) is 7.43. The van der Waals surface area contributed by atoms with Gasteiger partial charge < -0.3 is 10.2 Å². The molecule has 2 heterocycles. The van der Waals surface area contributed by atoms with Crippen LogP contribution >= 0.6 is 22.7 Å². The molecule has 1 fully saturated rings. The fraction of sp³-hybridized carbons (Fsp3) is 0.200. The van der Waals surface area contributed by atoms with Crippen LogP contribution in [0.5, 0.6) is 0 Å². The summed E-state index contributed by atoms with van der Waals surface area (Å²) in [7, 11) is 0. The number of hydrogen-bond donors (Lipinski definition) is 1. The lowest BCUT2D eigenvalue weighted by Crippen LogP contribution is -2.32. The predicted octanol–water partition coefficient (Wildman–Crippen LogP) is 4.87. The minimum absolute atomic E-state index is 0.0528. The van der Waals surface area contributed by atoms with Crippen LogP contribution in [-0.2, 0) is 6.54 Å². The number of hydrogen-bond acceptors (Lipinski definition) is 4. The summed E-state index contributed by atoms with van der Waals surface area (Å²) in [5.41, 5.74) is 1.35. The van der Waals surface area contributed by atoms with Crippen LogP contribution in [0.3, 0.4) is 0 Å². The van der Waals surface area contributed by atoms with Crippen molar-refractivity contribution in [1.29, 1.82) is 0 Å². The Morgan fingerprint density at radius 1 is 1.00 bits per heavy atom. The van der Waals surface area contributed by atoms with E-state index in [1.54, 1.807) is 41.7 Å². The molecule has 6 heteroatoms. The molecule has 0 atom stereocenters. The largest absolute Gasteiger partial charge is 0.331 e. The lowest BCUT2D eigenvalue weighted by molar-refractivity contribution is 0.0731. The van der Waals surface area contributed by atoms with Crippen LogP contribution in [0.2, 0.25) is 0 Å². The third-order valence-corrected chi connectivity index (χ3v) is 6.02. The Hall–Kier alpha value is -2.44. The second-order valence-electron chi connectivity index (χ2n) is 6.25. The van der Waals surface area contributed by atoms with E-state index in [4.69, 9.17) is 0 Å². The molecule has 0 unspecified atom stereocenters. The molecule has 26 heavy (non-hydrogen) atoms. The zero-order chi connectivity index (χ0) is 17.9. The Morgan fingerprint density at radius 3 is 2.35 bits per heavy atom. The van der Waals surface area contributed by atoms with E-state index in [0.29, 0.717) is 28.7 Å². The normalized spacial score (nSPS) is 13.4. The van der Waals surface area contributed by atoms with Crippen molar-refractivity contribution in [2.45, 2.75) is 25.4 Å². The first-order valence-electron chi connectivity index (χ1n) is 8.49. The highest BCUT2D eigenvalue weighted by molar-refractivity contribution is 7.12. The first kappa shape index (κ1) is 17.0. The summed E-state index contributed by atoms with van der Waals surface area (Å²) in [6, 6.07) is 15.2. The molecular weight excluding hydrogens is 364 g/mol. The molecule has 0 bridgehead atoms. The Morgan fingerprint density at radius 2 is 1.73 bits per heavy atom. The molecule has 1 aliphatic rings. The fourth-order valence-corrected chi connectivity index (χ4v) is 4.11. The predicted molar refractivity (Wildman–Crippen MR) is 106 cm³/mol. The highest BCUT2D eigenvalue weighted by Gasteiger charge is 2.33. The van der Waals surface area contributed by atoms with E-state index in [0.717, 1.165) is 12.8 Å². The summed E-state index contributed by atoms with van der Waals surface area (Å²) >= 11 is 3.08. The van der Waals surface area contributed by atoms with E-state index in [1.165, 1.54) is 16.2 Å². The van der Waals surface area contributed by atoms with Crippen LogP contribution in [0.1, 0.15) is 37.7 Å². The fourth-order valence-electron chi connectivity index (χ4n) is 2.79. The maximum absolute atomic E-state index is 12.9. The minimum atomic E-state index is -0.128. The quantitative estimate of drug-likeness (QED) is 0.661. The van der Waals surface area contributed by atoms with Crippen LogP contribution in [-0.4, -0.2) is 22.8 Å². The molecule has 4 nitrogen and oxygen atoms in total. The van der Waals surface area contributed by atoms with Gasteiger partial charge in [0.25, 0.3) is 11.8 Å². The molecule has 0 saturated heterocycles. The van der Waals surface area contributed by atoms with E-state index in [-0.39, 0.29) is 11.8 Å². The van der Waals surface area contributed by atoms with E-state index in [1.807, 2.05) is 27.8 Å². The maximum atomic E-state index is 12.9. The van der Waals surface area contributed by atoms with Gasteiger partial charge >= 0.3 is 0 Å². The molecule has 132 valence electrons. The molecule has 4 rings (SSSR count). The number of nitrogens with zero attached hydrogens (tertiary/aromatic N) is 1. The Labute approximate surface area is 160 Å². The molecule has 3 aromatic rings. The van der Waals surface area contributed by atoms with Gasteiger partial charge in [-0.25, -0.2) is 0 Å². The van der Waals surface area contributed by atoms with Crippen LogP contribution in [0.25, 0.3) is 0 Å². The third kappa shape index (κ3) is 3.86. The lowest BCUT2D eigenvalue weighted by atomic mass is 10.1. The van der Waals surface area contributed by atoms with E-state index in [2.05, 4.69) is 11.4 Å². The van der Waals surface area contributed by atoms with Gasteiger partial charge in [-0.15, -0.1) is 22.7 Å². The van der Waals surface area contributed by atoms with Gasteiger partial charge in [-0.3, -0.25) is 9.59 Å². The number of anilines is 1. The van der Waals surface area contributed by atoms with Gasteiger partial charge in [0.2, 0.25) is 0 Å². The van der Waals surface area contributed by atoms with Gasteiger partial charge in [0.15, 0.2) is 0 Å². The van der Waals surface area contributed by atoms with Crippen molar-refractivity contribution in [2.75, 3.05) is 5.32 Å². The van der Waals surface area contributed by atoms with Gasteiger partial charge in [-0.2, -0.15) is 0 Å². The van der Waals surface area contributed by atoms with Crippen molar-refractivity contribution in [3.05, 3.63) is 74.6 Å². The van der Waals surface area contributed by atoms with E-state index >= 15 is 0 Å². The monoisotopic (exact) mass is 382 g/mol. The van der Waals surface area contributed by atoms with Gasteiger partial charge in [-0.1, -0.05) is 12.1 Å². The van der Waals surface area contributed by atoms with Crippen LogP contribution in [0, 0.1) is 0 Å². The number of benzene rings is 1. The zero-order valence-corrected chi connectivity index (χ0v) is 15.7. The number of carbonyl (C=O) groups is 2. The summed E-state index contributed by atoms with van der Waals surface area (Å²) in [5.74, 6) is -0.0755. The summed E-state index contributed by atoms with van der Waals surface area (Å²) in [5, 5.41) is 6.77. The number of thiophene rings is 2. The second-order valence-corrected chi connectivity index (χ2v) is 8.23. The van der Waals surface area contributed by atoms with Crippen molar-refractivity contribution >= 4 is 40.2 Å². The highest BCUT2D eigenvalue weighted by Crippen LogP contribution is 2.30. The molecular formula is C20H18N2O2S2. The molecule has 0 aliphatic heterocycles. The molecule has 2 aromatic heterocycles. The Balaban J connectivity index is 1.45. The average Bonchev–Trinajstić information content (AvgIpc) is 3.13. The molecule has 2 amide bonds. The third-order valence-electron chi connectivity index (χ3n) is 4.29. The summed E-state index contributed by atoms with van der Waals surface area (Å²) in [4.78, 5) is 28.9. The average molecular weight is 383 g/mol. The topological polar surface area (TPSA) is 49.4 Å². The van der Waals surface area contributed by atoms with Gasteiger partial charge in [0, 0.05) is 22.2 Å². The van der Waals surface area contributed by atoms with Gasteiger partial charge in [0.05, 0.1) is 11.4 Å². The molecule has 0 radical (unpaired) electrons. The molecule has 1 aliphatic carbocycles. The highest BCUT2D eigenvalue weighted by atomic mass is 32.1. The molecule has 1 saturated carbocycles. The lowest BCUT2D eigenvalue weighted by Gasteiger charge is -2.22. The molecule has 1 aromatic carbocycles. The standard InChI is InChI=1S/C20H18N2O2S2/c23-19(18-4-2-12-26-18)21-15-7-5-14(6-8-15)20(24)22(16-9-10-16)13-17-3-1-11-25-17/h1-8,11-12,16H,9-10,13H2,(H,21,23). The SMILES string of the molecule is O=C(Nc1ccc(C(=O)N(Cc2cccs2)C2CC2)cc1)c1cccs1. The van der Waals surface area contributed by atoms with Crippen LogP contribution in [0.4, 0.5) is 5.69 Å². The van der Waals surface area contributed by atoms with Gasteiger partial charge in [-0.05, 0) is 60.0 Å². The van der Waals surface area contributed by atoms with Crippen molar-refractivity contribution in [3.8, 4) is 0 Å². The summed E-state index contributed by atoms with van der Waals surface area (Å²) in [6.07, 6.45) is 2.15. The first-order valence-corrected chi connectivity index (χ1v) is 10.2. The Kier molecular flexibility index (Phi) is 4.86. The zero-order valence-electron chi connectivity index (χ0n) is 14.1. The van der Waals surface area contributed by atoms with E-state index in [9.17, 15) is 9.59 Å². The minimum Gasteiger partial charge on any atom is -0.331 e. The Bertz CT molecular complexity index is 883.